The van der Waals surface area contributed by atoms with Gasteiger partial charge in [-0.3, -0.25) is 10.4 Å². The Morgan fingerprint density at radius 1 is 1.35 bits per heavy atom. The van der Waals surface area contributed by atoms with Crippen molar-refractivity contribution in [1.29, 1.82) is 5.41 Å². The van der Waals surface area contributed by atoms with Gasteiger partial charge in [0.05, 0.1) is 19.0 Å². The van der Waals surface area contributed by atoms with E-state index >= 15 is 0 Å². The van der Waals surface area contributed by atoms with Crippen LogP contribution in [0.1, 0.15) is 19.5 Å². The van der Waals surface area contributed by atoms with E-state index in [0.29, 0.717) is 11.6 Å². The zero-order valence-electron chi connectivity index (χ0n) is 14.9. The molecule has 0 saturated carbocycles. The SMILES string of the molecule is C=C(C)/C(C)=C/C(=N\C(=N)c1cccc(OC)n1)Nc1ccncc1F. The van der Waals surface area contributed by atoms with Crippen LogP contribution >= 0.6 is 0 Å². The van der Waals surface area contributed by atoms with Crippen molar-refractivity contribution in [3.05, 3.63) is 72.0 Å². The highest BCUT2D eigenvalue weighted by molar-refractivity contribution is 6.12. The van der Waals surface area contributed by atoms with Crippen molar-refractivity contribution in [1.82, 2.24) is 9.97 Å². The van der Waals surface area contributed by atoms with Crippen molar-refractivity contribution in [2.24, 2.45) is 4.99 Å². The fourth-order valence-electron chi connectivity index (χ4n) is 1.88. The lowest BCUT2D eigenvalue weighted by molar-refractivity contribution is 0.397. The maximum Gasteiger partial charge on any atom is 0.213 e. The molecule has 2 heterocycles. The van der Waals surface area contributed by atoms with E-state index in [1.807, 2.05) is 13.8 Å². The molecular weight excluding hydrogens is 333 g/mol. The van der Waals surface area contributed by atoms with Crippen LogP contribution in [0, 0.1) is 11.2 Å². The number of hydrogen-bond donors (Lipinski definition) is 2. The lowest BCUT2D eigenvalue weighted by Crippen LogP contribution is -2.14. The Labute approximate surface area is 151 Å². The van der Waals surface area contributed by atoms with Gasteiger partial charge < -0.3 is 10.1 Å². The summed E-state index contributed by atoms with van der Waals surface area (Å²) in [5, 5.41) is 11.1. The Morgan fingerprint density at radius 2 is 2.12 bits per heavy atom. The molecule has 0 aromatic carbocycles. The van der Waals surface area contributed by atoms with Crippen LogP contribution in [-0.2, 0) is 0 Å². The van der Waals surface area contributed by atoms with Gasteiger partial charge in [-0.25, -0.2) is 14.4 Å². The first-order valence-electron chi connectivity index (χ1n) is 7.80. The molecule has 2 aromatic rings. The number of aromatic nitrogens is 2. The molecule has 0 radical (unpaired) electrons. The van der Waals surface area contributed by atoms with Gasteiger partial charge >= 0.3 is 0 Å². The van der Waals surface area contributed by atoms with Crippen LogP contribution in [0.2, 0.25) is 0 Å². The Balaban J connectivity index is 2.40. The summed E-state index contributed by atoms with van der Waals surface area (Å²) < 4.78 is 19.0. The summed E-state index contributed by atoms with van der Waals surface area (Å²) in [6, 6.07) is 6.53. The van der Waals surface area contributed by atoms with Crippen LogP contribution in [-0.4, -0.2) is 28.7 Å². The minimum absolute atomic E-state index is 0.0911. The Bertz CT molecular complexity index is 889. The van der Waals surface area contributed by atoms with Crippen LogP contribution in [0.25, 0.3) is 0 Å². The number of amidine groups is 2. The molecule has 6 nitrogen and oxygen atoms in total. The second kappa shape index (κ2) is 8.66. The molecule has 2 N–H and O–H groups in total. The fraction of sp³-hybridized carbons (Fsp3) is 0.158. The van der Waals surface area contributed by atoms with Crippen LogP contribution in [0.3, 0.4) is 0 Å². The molecular formula is C19H20FN5O. The normalized spacial score (nSPS) is 11.8. The monoisotopic (exact) mass is 353 g/mol. The van der Waals surface area contributed by atoms with E-state index in [9.17, 15) is 4.39 Å². The van der Waals surface area contributed by atoms with E-state index in [-0.39, 0.29) is 17.4 Å². The first-order chi connectivity index (χ1) is 12.4. The van der Waals surface area contributed by atoms with Crippen LogP contribution in [0.4, 0.5) is 10.1 Å². The van der Waals surface area contributed by atoms with Gasteiger partial charge in [0.1, 0.15) is 11.5 Å². The van der Waals surface area contributed by atoms with E-state index < -0.39 is 5.82 Å². The first-order valence-corrected chi connectivity index (χ1v) is 7.80. The van der Waals surface area contributed by atoms with E-state index in [1.165, 1.54) is 19.4 Å². The number of nitrogens with zero attached hydrogens (tertiary/aromatic N) is 3. The second-order valence-corrected chi connectivity index (χ2v) is 5.50. The highest BCUT2D eigenvalue weighted by atomic mass is 19.1. The van der Waals surface area contributed by atoms with Gasteiger partial charge in [-0.05, 0) is 37.6 Å². The van der Waals surface area contributed by atoms with Gasteiger partial charge in [0.25, 0.3) is 0 Å². The predicted molar refractivity (Wildman–Crippen MR) is 101 cm³/mol. The smallest absolute Gasteiger partial charge is 0.213 e. The summed E-state index contributed by atoms with van der Waals surface area (Å²) in [6.45, 7) is 7.58. The summed E-state index contributed by atoms with van der Waals surface area (Å²) in [5.74, 6) is 0.0512. The molecule has 0 amide bonds. The minimum atomic E-state index is -0.521. The zero-order chi connectivity index (χ0) is 19.1. The van der Waals surface area contributed by atoms with Crippen LogP contribution < -0.4 is 10.1 Å². The molecule has 0 unspecified atom stereocenters. The molecule has 0 aliphatic heterocycles. The number of aliphatic imine (C=N–C) groups is 1. The Hall–Kier alpha value is -3.35. The molecule has 134 valence electrons. The summed E-state index contributed by atoms with van der Waals surface area (Å²) in [6.07, 6.45) is 4.26. The Morgan fingerprint density at radius 3 is 2.77 bits per heavy atom. The van der Waals surface area contributed by atoms with Crippen molar-refractivity contribution in [3.63, 3.8) is 0 Å². The fourth-order valence-corrected chi connectivity index (χ4v) is 1.88. The third-order valence-corrected chi connectivity index (χ3v) is 3.47. The first kappa shape index (κ1) is 19.0. The van der Waals surface area contributed by atoms with E-state index in [1.54, 1.807) is 24.3 Å². The second-order valence-electron chi connectivity index (χ2n) is 5.50. The number of halogens is 1. The van der Waals surface area contributed by atoms with Gasteiger partial charge in [0.2, 0.25) is 5.88 Å². The maximum atomic E-state index is 13.9. The third-order valence-electron chi connectivity index (χ3n) is 3.47. The number of anilines is 1. The molecule has 2 aromatic heterocycles. The van der Waals surface area contributed by atoms with E-state index in [0.717, 1.165) is 17.3 Å². The minimum Gasteiger partial charge on any atom is -0.481 e. The van der Waals surface area contributed by atoms with E-state index in [2.05, 4.69) is 26.9 Å². The molecule has 0 spiro atoms. The van der Waals surface area contributed by atoms with Gasteiger partial charge in [0, 0.05) is 12.3 Å². The number of ether oxygens (including phenoxy) is 1. The summed E-state index contributed by atoms with van der Waals surface area (Å²) in [7, 11) is 1.50. The number of allylic oxidation sites excluding steroid dienone is 2. The predicted octanol–water partition coefficient (Wildman–Crippen LogP) is 3.98. The number of nitrogens with one attached hydrogen (secondary N) is 2. The number of methoxy groups -OCH3 is 1. The highest BCUT2D eigenvalue weighted by Crippen LogP contribution is 2.14. The molecule has 26 heavy (non-hydrogen) atoms. The molecule has 0 saturated heterocycles. The van der Waals surface area contributed by atoms with Crippen molar-refractivity contribution in [2.75, 3.05) is 12.4 Å². The molecule has 0 aliphatic carbocycles. The van der Waals surface area contributed by atoms with Crippen LogP contribution in [0.5, 0.6) is 5.88 Å². The highest BCUT2D eigenvalue weighted by Gasteiger charge is 2.08. The van der Waals surface area contributed by atoms with Gasteiger partial charge in [-0.1, -0.05) is 18.2 Å². The van der Waals surface area contributed by atoms with Crippen LogP contribution in [0.15, 0.2) is 65.5 Å². The van der Waals surface area contributed by atoms with Crippen molar-refractivity contribution in [3.8, 4) is 5.88 Å². The third kappa shape index (κ3) is 5.07. The summed E-state index contributed by atoms with van der Waals surface area (Å²) >= 11 is 0. The van der Waals surface area contributed by atoms with Crippen molar-refractivity contribution < 1.29 is 9.13 Å². The molecule has 0 atom stereocenters. The standard InChI is InChI=1S/C19H20FN5O/c1-12(2)13(3)10-17(23-15-8-9-22-11-14(15)20)25-19(21)16-6-5-7-18(24-16)26-4/h5-11H,1H2,2-4H3,(H2,21,22,23,25)/b13-10+. The number of rotatable bonds is 5. The van der Waals surface area contributed by atoms with Gasteiger partial charge in [0.15, 0.2) is 11.7 Å². The molecule has 0 aliphatic rings. The topological polar surface area (TPSA) is 83.2 Å². The molecule has 7 heteroatoms. The summed E-state index contributed by atoms with van der Waals surface area (Å²) in [5.41, 5.74) is 2.22. The van der Waals surface area contributed by atoms with E-state index in [4.69, 9.17) is 10.1 Å². The average Bonchev–Trinajstić information content (AvgIpc) is 2.63. The zero-order valence-corrected chi connectivity index (χ0v) is 14.9. The Kier molecular flexibility index (Phi) is 6.32. The largest absolute Gasteiger partial charge is 0.481 e. The van der Waals surface area contributed by atoms with Gasteiger partial charge in [-0.15, -0.1) is 0 Å². The van der Waals surface area contributed by atoms with Gasteiger partial charge in [-0.2, -0.15) is 0 Å². The average molecular weight is 353 g/mol. The number of hydrogen-bond acceptors (Lipinski definition) is 4. The number of pyridine rings is 2. The summed E-state index contributed by atoms with van der Waals surface area (Å²) in [4.78, 5) is 12.1. The lowest BCUT2D eigenvalue weighted by atomic mass is 10.1. The molecule has 0 bridgehead atoms. The lowest BCUT2D eigenvalue weighted by Gasteiger charge is -2.10. The molecule has 2 rings (SSSR count). The quantitative estimate of drug-likeness (QED) is 0.484. The maximum absolute atomic E-state index is 13.9. The van der Waals surface area contributed by atoms with Crippen molar-refractivity contribution in [2.45, 2.75) is 13.8 Å². The van der Waals surface area contributed by atoms with Crippen molar-refractivity contribution >= 4 is 17.4 Å². The molecule has 0 fully saturated rings.